The van der Waals surface area contributed by atoms with E-state index in [-0.39, 0.29) is 5.91 Å². The van der Waals surface area contributed by atoms with Gasteiger partial charge in [0.25, 0.3) is 5.91 Å². The largest absolute Gasteiger partial charge is 0.494 e. The second-order valence-electron chi connectivity index (χ2n) is 4.90. The minimum absolute atomic E-state index is 0.196. The summed E-state index contributed by atoms with van der Waals surface area (Å²) in [5, 5.41) is 2.90. The van der Waals surface area contributed by atoms with Crippen molar-refractivity contribution in [3.63, 3.8) is 0 Å². The number of benzene rings is 2. The van der Waals surface area contributed by atoms with Crippen LogP contribution in [-0.2, 0) is 0 Å². The summed E-state index contributed by atoms with van der Waals surface area (Å²) in [4.78, 5) is 12.4. The van der Waals surface area contributed by atoms with Gasteiger partial charge in [-0.25, -0.2) is 0 Å². The summed E-state index contributed by atoms with van der Waals surface area (Å²) in [6, 6.07) is 11.0. The molecule has 3 N–H and O–H groups in total. The van der Waals surface area contributed by atoms with Gasteiger partial charge in [0.2, 0.25) is 0 Å². The second kappa shape index (κ2) is 6.31. The van der Waals surface area contributed by atoms with Crippen LogP contribution in [-0.4, -0.2) is 12.5 Å². The molecule has 0 saturated carbocycles. The molecule has 2 aromatic rings. The van der Waals surface area contributed by atoms with Gasteiger partial charge in [-0.3, -0.25) is 4.79 Å². The van der Waals surface area contributed by atoms with Crippen molar-refractivity contribution in [2.24, 2.45) is 0 Å². The number of rotatable bonds is 4. The lowest BCUT2D eigenvalue weighted by molar-refractivity contribution is 0.102. The fourth-order valence-corrected chi connectivity index (χ4v) is 2.22. The Kier molecular flexibility index (Phi) is 4.48. The molecule has 110 valence electrons. The highest BCUT2D eigenvalue weighted by Gasteiger charge is 2.13. The van der Waals surface area contributed by atoms with Gasteiger partial charge in [-0.15, -0.1) is 0 Å². The molecule has 0 unspecified atom stereocenters. The Balaban J connectivity index is 2.24. The maximum atomic E-state index is 12.4. The molecular weight excluding hydrogens is 264 g/mol. The number of anilines is 2. The SMILES string of the molecule is CCOc1ccc(NC(=O)c2c(C)cccc2N)c(C)c1. The molecule has 4 heteroatoms. The first-order chi connectivity index (χ1) is 10.0. The van der Waals surface area contributed by atoms with Gasteiger partial charge in [-0.2, -0.15) is 0 Å². The zero-order chi connectivity index (χ0) is 15.4. The van der Waals surface area contributed by atoms with Crippen molar-refractivity contribution in [1.29, 1.82) is 0 Å². The summed E-state index contributed by atoms with van der Waals surface area (Å²) in [7, 11) is 0. The van der Waals surface area contributed by atoms with Crippen LogP contribution in [0.1, 0.15) is 28.4 Å². The van der Waals surface area contributed by atoms with Crippen molar-refractivity contribution < 1.29 is 9.53 Å². The van der Waals surface area contributed by atoms with E-state index in [1.807, 2.05) is 51.1 Å². The third-order valence-electron chi connectivity index (χ3n) is 3.29. The van der Waals surface area contributed by atoms with Crippen molar-refractivity contribution in [2.75, 3.05) is 17.7 Å². The van der Waals surface area contributed by atoms with E-state index in [4.69, 9.17) is 10.5 Å². The highest BCUT2D eigenvalue weighted by atomic mass is 16.5. The topological polar surface area (TPSA) is 64.3 Å². The number of ether oxygens (including phenoxy) is 1. The Morgan fingerprint density at radius 1 is 1.19 bits per heavy atom. The molecule has 0 aromatic heterocycles. The van der Waals surface area contributed by atoms with E-state index in [1.54, 1.807) is 6.07 Å². The van der Waals surface area contributed by atoms with E-state index in [2.05, 4.69) is 5.32 Å². The summed E-state index contributed by atoms with van der Waals surface area (Å²) in [5.41, 5.74) is 9.46. The van der Waals surface area contributed by atoms with Crippen LogP contribution in [0.4, 0.5) is 11.4 Å². The third kappa shape index (κ3) is 3.34. The predicted octanol–water partition coefficient (Wildman–Crippen LogP) is 3.54. The monoisotopic (exact) mass is 284 g/mol. The van der Waals surface area contributed by atoms with Gasteiger partial charge >= 0.3 is 0 Å². The number of hydrogen-bond acceptors (Lipinski definition) is 3. The van der Waals surface area contributed by atoms with Gasteiger partial charge in [0.15, 0.2) is 0 Å². The van der Waals surface area contributed by atoms with Crippen molar-refractivity contribution in [1.82, 2.24) is 0 Å². The van der Waals surface area contributed by atoms with Crippen LogP contribution in [0.5, 0.6) is 5.75 Å². The molecule has 4 nitrogen and oxygen atoms in total. The zero-order valence-corrected chi connectivity index (χ0v) is 12.6. The molecule has 0 aliphatic heterocycles. The van der Waals surface area contributed by atoms with Crippen LogP contribution in [0.15, 0.2) is 36.4 Å². The first-order valence-corrected chi connectivity index (χ1v) is 6.92. The Labute approximate surface area is 124 Å². The number of nitrogens with one attached hydrogen (secondary N) is 1. The normalized spacial score (nSPS) is 10.2. The number of carbonyl (C=O) groups excluding carboxylic acids is 1. The third-order valence-corrected chi connectivity index (χ3v) is 3.29. The number of aryl methyl sites for hydroxylation is 2. The number of nitrogen functional groups attached to an aromatic ring is 1. The van der Waals surface area contributed by atoms with E-state index in [0.29, 0.717) is 17.9 Å². The first-order valence-electron chi connectivity index (χ1n) is 6.92. The minimum atomic E-state index is -0.196. The molecule has 0 fully saturated rings. The van der Waals surface area contributed by atoms with Crippen LogP contribution in [0.3, 0.4) is 0 Å². The van der Waals surface area contributed by atoms with Crippen molar-refractivity contribution in [3.05, 3.63) is 53.1 Å². The van der Waals surface area contributed by atoms with Crippen LogP contribution in [0.25, 0.3) is 0 Å². The number of nitrogens with two attached hydrogens (primary N) is 1. The zero-order valence-electron chi connectivity index (χ0n) is 12.6. The summed E-state index contributed by atoms with van der Waals surface area (Å²) in [5.74, 6) is 0.598. The molecule has 0 heterocycles. The Bertz CT molecular complexity index is 646. The molecule has 0 aliphatic rings. The summed E-state index contributed by atoms with van der Waals surface area (Å²) in [6.45, 7) is 6.35. The Morgan fingerprint density at radius 3 is 2.57 bits per heavy atom. The average molecular weight is 284 g/mol. The fraction of sp³-hybridized carbons (Fsp3) is 0.235. The average Bonchev–Trinajstić information content (AvgIpc) is 2.42. The standard InChI is InChI=1S/C17H20N2O2/c1-4-21-13-8-9-15(12(3)10-13)19-17(20)16-11(2)6-5-7-14(16)18/h5-10H,4,18H2,1-3H3,(H,19,20). The van der Waals surface area contributed by atoms with Crippen LogP contribution < -0.4 is 15.8 Å². The highest BCUT2D eigenvalue weighted by Crippen LogP contribution is 2.23. The molecule has 1 amide bonds. The lowest BCUT2D eigenvalue weighted by Crippen LogP contribution is -2.16. The molecule has 0 radical (unpaired) electrons. The van der Waals surface area contributed by atoms with E-state index in [1.165, 1.54) is 0 Å². The Hall–Kier alpha value is -2.49. The molecule has 2 aromatic carbocycles. The van der Waals surface area contributed by atoms with E-state index in [9.17, 15) is 4.79 Å². The Morgan fingerprint density at radius 2 is 1.95 bits per heavy atom. The summed E-state index contributed by atoms with van der Waals surface area (Å²) >= 11 is 0. The minimum Gasteiger partial charge on any atom is -0.494 e. The predicted molar refractivity (Wildman–Crippen MR) is 85.9 cm³/mol. The lowest BCUT2D eigenvalue weighted by atomic mass is 10.1. The highest BCUT2D eigenvalue weighted by molar-refractivity contribution is 6.09. The molecule has 0 saturated heterocycles. The van der Waals surface area contributed by atoms with Crippen LogP contribution >= 0.6 is 0 Å². The molecule has 2 rings (SSSR count). The lowest BCUT2D eigenvalue weighted by Gasteiger charge is -2.13. The molecule has 21 heavy (non-hydrogen) atoms. The van der Waals surface area contributed by atoms with Gasteiger partial charge < -0.3 is 15.8 Å². The summed E-state index contributed by atoms with van der Waals surface area (Å²) < 4.78 is 5.44. The molecule has 0 bridgehead atoms. The van der Waals surface area contributed by atoms with Crippen molar-refractivity contribution in [2.45, 2.75) is 20.8 Å². The van der Waals surface area contributed by atoms with Gasteiger partial charge in [0.1, 0.15) is 5.75 Å². The number of carbonyl (C=O) groups is 1. The van der Waals surface area contributed by atoms with Crippen molar-refractivity contribution in [3.8, 4) is 5.75 Å². The van der Waals surface area contributed by atoms with E-state index < -0.39 is 0 Å². The smallest absolute Gasteiger partial charge is 0.258 e. The van der Waals surface area contributed by atoms with Gasteiger partial charge in [0, 0.05) is 11.4 Å². The first kappa shape index (κ1) is 14.9. The number of hydrogen-bond donors (Lipinski definition) is 2. The van der Waals surface area contributed by atoms with Gasteiger partial charge in [-0.05, 0) is 56.2 Å². The van der Waals surface area contributed by atoms with E-state index >= 15 is 0 Å². The number of amides is 1. The van der Waals surface area contributed by atoms with Gasteiger partial charge in [-0.1, -0.05) is 12.1 Å². The maximum Gasteiger partial charge on any atom is 0.258 e. The molecule has 0 spiro atoms. The van der Waals surface area contributed by atoms with Crippen molar-refractivity contribution >= 4 is 17.3 Å². The van der Waals surface area contributed by atoms with E-state index in [0.717, 1.165) is 22.6 Å². The van der Waals surface area contributed by atoms with Gasteiger partial charge in [0.05, 0.1) is 12.2 Å². The summed E-state index contributed by atoms with van der Waals surface area (Å²) in [6.07, 6.45) is 0. The second-order valence-corrected chi connectivity index (χ2v) is 4.90. The molecular formula is C17H20N2O2. The van der Waals surface area contributed by atoms with Crippen LogP contribution in [0, 0.1) is 13.8 Å². The van der Waals surface area contributed by atoms with Crippen LogP contribution in [0.2, 0.25) is 0 Å². The fourth-order valence-electron chi connectivity index (χ4n) is 2.22. The quantitative estimate of drug-likeness (QED) is 0.844. The molecule has 0 aliphatic carbocycles. The maximum absolute atomic E-state index is 12.4. The molecule has 0 atom stereocenters.